The molecule has 1 rings (SSSR count). The Labute approximate surface area is 76.0 Å². The van der Waals surface area contributed by atoms with Crippen molar-refractivity contribution in [2.75, 3.05) is 0 Å². The van der Waals surface area contributed by atoms with Crippen LogP contribution in [-0.2, 0) is 13.0 Å². The summed E-state index contributed by atoms with van der Waals surface area (Å²) in [5, 5.41) is 19.3. The standard InChI is InChI=1S/C9H11NO3/c1-2-8-5-7(6-11)3-4-9(8)10(12)13/h3-5,11H,2,6H2,1H3. The Hall–Kier alpha value is -1.42. The van der Waals surface area contributed by atoms with Crippen LogP contribution in [0.3, 0.4) is 0 Å². The quantitative estimate of drug-likeness (QED) is 0.569. The fraction of sp³-hybridized carbons (Fsp3) is 0.333. The van der Waals surface area contributed by atoms with E-state index in [0.717, 1.165) is 0 Å². The lowest BCUT2D eigenvalue weighted by Crippen LogP contribution is -1.95. The SMILES string of the molecule is CCc1cc(CO)ccc1[N+](=O)[O-]. The second-order valence-corrected chi connectivity index (χ2v) is 2.73. The second kappa shape index (κ2) is 4.00. The van der Waals surface area contributed by atoms with Gasteiger partial charge in [-0.25, -0.2) is 0 Å². The van der Waals surface area contributed by atoms with Gasteiger partial charge >= 0.3 is 0 Å². The zero-order valence-corrected chi connectivity index (χ0v) is 7.36. The molecule has 0 aliphatic carbocycles. The molecule has 0 aliphatic rings. The second-order valence-electron chi connectivity index (χ2n) is 2.73. The number of aryl methyl sites for hydroxylation is 1. The average Bonchev–Trinajstić information content (AvgIpc) is 2.16. The minimum Gasteiger partial charge on any atom is -0.392 e. The Morgan fingerprint density at radius 3 is 2.69 bits per heavy atom. The molecule has 1 aromatic rings. The van der Waals surface area contributed by atoms with Crippen LogP contribution in [0.5, 0.6) is 0 Å². The van der Waals surface area contributed by atoms with Crippen molar-refractivity contribution in [2.45, 2.75) is 20.0 Å². The van der Waals surface area contributed by atoms with Gasteiger partial charge in [-0.05, 0) is 24.1 Å². The van der Waals surface area contributed by atoms with Crippen LogP contribution >= 0.6 is 0 Å². The fourth-order valence-corrected chi connectivity index (χ4v) is 1.20. The van der Waals surface area contributed by atoms with E-state index in [-0.39, 0.29) is 12.3 Å². The van der Waals surface area contributed by atoms with Crippen molar-refractivity contribution < 1.29 is 10.0 Å². The first-order chi connectivity index (χ1) is 6.19. The third-order valence-corrected chi connectivity index (χ3v) is 1.90. The molecule has 70 valence electrons. The normalized spacial score (nSPS) is 10.0. The first kappa shape index (κ1) is 9.67. The topological polar surface area (TPSA) is 63.4 Å². The molecule has 4 nitrogen and oxygen atoms in total. The van der Waals surface area contributed by atoms with Crippen molar-refractivity contribution >= 4 is 5.69 Å². The lowest BCUT2D eigenvalue weighted by molar-refractivity contribution is -0.385. The number of benzene rings is 1. The molecular formula is C9H11NO3. The van der Waals surface area contributed by atoms with Gasteiger partial charge < -0.3 is 5.11 Å². The van der Waals surface area contributed by atoms with Crippen LogP contribution in [-0.4, -0.2) is 10.0 Å². The Kier molecular flexibility index (Phi) is 2.97. The van der Waals surface area contributed by atoms with E-state index < -0.39 is 4.92 Å². The maximum absolute atomic E-state index is 10.5. The van der Waals surface area contributed by atoms with Gasteiger partial charge in [0.15, 0.2) is 0 Å². The Morgan fingerprint density at radius 2 is 2.23 bits per heavy atom. The molecule has 0 fully saturated rings. The lowest BCUT2D eigenvalue weighted by Gasteiger charge is -2.01. The van der Waals surface area contributed by atoms with Crippen molar-refractivity contribution in [2.24, 2.45) is 0 Å². The van der Waals surface area contributed by atoms with Gasteiger partial charge in [0, 0.05) is 11.6 Å². The predicted molar refractivity (Wildman–Crippen MR) is 48.4 cm³/mol. The molecule has 1 N–H and O–H groups in total. The van der Waals surface area contributed by atoms with Crippen LogP contribution in [0, 0.1) is 10.1 Å². The summed E-state index contributed by atoms with van der Waals surface area (Å²) in [5.74, 6) is 0. The van der Waals surface area contributed by atoms with Gasteiger partial charge in [0.1, 0.15) is 0 Å². The minimum atomic E-state index is -0.403. The predicted octanol–water partition coefficient (Wildman–Crippen LogP) is 1.65. The number of aliphatic hydroxyl groups excluding tert-OH is 1. The van der Waals surface area contributed by atoms with E-state index in [1.165, 1.54) is 6.07 Å². The molecule has 4 heteroatoms. The summed E-state index contributed by atoms with van der Waals surface area (Å²) in [7, 11) is 0. The van der Waals surface area contributed by atoms with Crippen LogP contribution < -0.4 is 0 Å². The van der Waals surface area contributed by atoms with Crippen LogP contribution in [0.15, 0.2) is 18.2 Å². The zero-order valence-electron chi connectivity index (χ0n) is 7.36. The molecule has 0 radical (unpaired) electrons. The highest BCUT2D eigenvalue weighted by Crippen LogP contribution is 2.20. The number of nitro groups is 1. The first-order valence-corrected chi connectivity index (χ1v) is 4.06. The van der Waals surface area contributed by atoms with Crippen molar-refractivity contribution in [3.8, 4) is 0 Å². The van der Waals surface area contributed by atoms with Crippen molar-refractivity contribution in [3.63, 3.8) is 0 Å². The van der Waals surface area contributed by atoms with Gasteiger partial charge in [-0.2, -0.15) is 0 Å². The molecule has 13 heavy (non-hydrogen) atoms. The zero-order chi connectivity index (χ0) is 9.84. The molecule has 0 saturated carbocycles. The van der Waals surface area contributed by atoms with Crippen molar-refractivity contribution in [3.05, 3.63) is 39.4 Å². The Balaban J connectivity index is 3.15. The fourth-order valence-electron chi connectivity index (χ4n) is 1.20. The van der Waals surface area contributed by atoms with E-state index in [1.807, 2.05) is 6.92 Å². The summed E-state index contributed by atoms with van der Waals surface area (Å²) in [6.07, 6.45) is 0.601. The van der Waals surface area contributed by atoms with E-state index >= 15 is 0 Å². The highest BCUT2D eigenvalue weighted by molar-refractivity contribution is 5.42. The van der Waals surface area contributed by atoms with Gasteiger partial charge in [0.25, 0.3) is 5.69 Å². The maximum atomic E-state index is 10.5. The molecule has 0 aromatic heterocycles. The van der Waals surface area contributed by atoms with Gasteiger partial charge in [0.05, 0.1) is 11.5 Å². The lowest BCUT2D eigenvalue weighted by atomic mass is 10.1. The third kappa shape index (κ3) is 2.03. The number of hydrogen-bond acceptors (Lipinski definition) is 3. The van der Waals surface area contributed by atoms with E-state index in [0.29, 0.717) is 17.5 Å². The van der Waals surface area contributed by atoms with Crippen LogP contribution in [0.4, 0.5) is 5.69 Å². The largest absolute Gasteiger partial charge is 0.392 e. The van der Waals surface area contributed by atoms with E-state index in [9.17, 15) is 10.1 Å². The third-order valence-electron chi connectivity index (χ3n) is 1.90. The molecule has 0 aliphatic heterocycles. The average molecular weight is 181 g/mol. The first-order valence-electron chi connectivity index (χ1n) is 4.06. The van der Waals surface area contributed by atoms with E-state index in [1.54, 1.807) is 12.1 Å². The van der Waals surface area contributed by atoms with Crippen LogP contribution in [0.2, 0.25) is 0 Å². The molecule has 0 amide bonds. The van der Waals surface area contributed by atoms with Crippen LogP contribution in [0.25, 0.3) is 0 Å². The number of hydrogen-bond donors (Lipinski definition) is 1. The molecule has 1 aromatic carbocycles. The number of nitrogens with zero attached hydrogens (tertiary/aromatic N) is 1. The summed E-state index contributed by atoms with van der Waals surface area (Å²) >= 11 is 0. The number of nitro benzene ring substituents is 1. The van der Waals surface area contributed by atoms with Gasteiger partial charge in [-0.3, -0.25) is 10.1 Å². The Morgan fingerprint density at radius 1 is 1.54 bits per heavy atom. The molecule has 0 bridgehead atoms. The summed E-state index contributed by atoms with van der Waals surface area (Å²) < 4.78 is 0. The maximum Gasteiger partial charge on any atom is 0.272 e. The molecular weight excluding hydrogens is 170 g/mol. The molecule has 0 saturated heterocycles. The summed E-state index contributed by atoms with van der Waals surface area (Å²) in [6, 6.07) is 4.67. The Bertz CT molecular complexity index is 323. The van der Waals surface area contributed by atoms with Gasteiger partial charge in [-0.15, -0.1) is 0 Å². The van der Waals surface area contributed by atoms with E-state index in [2.05, 4.69) is 0 Å². The highest BCUT2D eigenvalue weighted by atomic mass is 16.6. The molecule has 0 unspecified atom stereocenters. The molecule has 0 spiro atoms. The van der Waals surface area contributed by atoms with Gasteiger partial charge in [0.2, 0.25) is 0 Å². The van der Waals surface area contributed by atoms with Crippen molar-refractivity contribution in [1.82, 2.24) is 0 Å². The monoisotopic (exact) mass is 181 g/mol. The number of aliphatic hydroxyl groups is 1. The van der Waals surface area contributed by atoms with Crippen LogP contribution in [0.1, 0.15) is 18.1 Å². The smallest absolute Gasteiger partial charge is 0.272 e. The number of rotatable bonds is 3. The van der Waals surface area contributed by atoms with Gasteiger partial charge in [-0.1, -0.05) is 6.92 Å². The molecule has 0 atom stereocenters. The van der Waals surface area contributed by atoms with E-state index in [4.69, 9.17) is 5.11 Å². The highest BCUT2D eigenvalue weighted by Gasteiger charge is 2.11. The summed E-state index contributed by atoms with van der Waals surface area (Å²) in [5.41, 5.74) is 1.50. The summed E-state index contributed by atoms with van der Waals surface area (Å²) in [4.78, 5) is 10.1. The summed E-state index contributed by atoms with van der Waals surface area (Å²) in [6.45, 7) is 1.77. The van der Waals surface area contributed by atoms with Crippen molar-refractivity contribution in [1.29, 1.82) is 0 Å². The minimum absolute atomic E-state index is 0.0784. The molecule has 0 heterocycles.